The van der Waals surface area contributed by atoms with E-state index in [4.69, 9.17) is 0 Å². The summed E-state index contributed by atoms with van der Waals surface area (Å²) in [6.45, 7) is 8.80. The van der Waals surface area contributed by atoms with Crippen LogP contribution < -0.4 is 5.32 Å². The molecule has 20 heavy (non-hydrogen) atoms. The van der Waals surface area contributed by atoms with Gasteiger partial charge in [-0.25, -0.2) is 0 Å². The Morgan fingerprint density at radius 1 is 1.20 bits per heavy atom. The molecule has 0 radical (unpaired) electrons. The summed E-state index contributed by atoms with van der Waals surface area (Å²) in [6.07, 6.45) is 7.08. The van der Waals surface area contributed by atoms with Gasteiger partial charge >= 0.3 is 5.97 Å². The lowest BCUT2D eigenvalue weighted by molar-refractivity contribution is -0.150. The molecule has 5 unspecified atom stereocenters. The van der Waals surface area contributed by atoms with E-state index in [1.165, 1.54) is 25.7 Å². The minimum atomic E-state index is -0.618. The Morgan fingerprint density at radius 2 is 1.90 bits per heavy atom. The van der Waals surface area contributed by atoms with Crippen LogP contribution >= 0.6 is 0 Å². The van der Waals surface area contributed by atoms with Crippen molar-refractivity contribution in [3.63, 3.8) is 0 Å². The zero-order valence-electron chi connectivity index (χ0n) is 13.5. The average Bonchev–Trinajstić information content (AvgIpc) is 2.81. The summed E-state index contributed by atoms with van der Waals surface area (Å²) in [5, 5.41) is 13.3. The minimum Gasteiger partial charge on any atom is -0.481 e. The Hall–Kier alpha value is -0.570. The van der Waals surface area contributed by atoms with Gasteiger partial charge in [0.1, 0.15) is 0 Å². The Kier molecular flexibility index (Phi) is 4.78. The molecule has 116 valence electrons. The first-order chi connectivity index (χ1) is 9.37. The summed E-state index contributed by atoms with van der Waals surface area (Å²) in [5.74, 6) is 0.423. The van der Waals surface area contributed by atoms with Gasteiger partial charge < -0.3 is 10.4 Å². The maximum atomic E-state index is 11.4. The second kappa shape index (κ2) is 6.05. The van der Waals surface area contributed by atoms with E-state index in [1.807, 2.05) is 0 Å². The summed E-state index contributed by atoms with van der Waals surface area (Å²) >= 11 is 0. The van der Waals surface area contributed by atoms with Crippen molar-refractivity contribution in [2.75, 3.05) is 0 Å². The van der Waals surface area contributed by atoms with Gasteiger partial charge in [-0.1, -0.05) is 40.5 Å². The van der Waals surface area contributed by atoms with Crippen molar-refractivity contribution in [3.8, 4) is 0 Å². The maximum absolute atomic E-state index is 11.4. The fourth-order valence-corrected chi connectivity index (χ4v) is 4.49. The van der Waals surface area contributed by atoms with E-state index >= 15 is 0 Å². The maximum Gasteiger partial charge on any atom is 0.307 e. The molecule has 2 saturated carbocycles. The summed E-state index contributed by atoms with van der Waals surface area (Å²) in [4.78, 5) is 11.4. The van der Waals surface area contributed by atoms with Crippen molar-refractivity contribution in [2.45, 2.75) is 78.3 Å². The molecule has 2 aliphatic rings. The lowest BCUT2D eigenvalue weighted by Gasteiger charge is -2.47. The molecule has 3 nitrogen and oxygen atoms in total. The van der Waals surface area contributed by atoms with Crippen LogP contribution in [0.5, 0.6) is 0 Å². The molecule has 0 aromatic carbocycles. The molecule has 0 aromatic rings. The van der Waals surface area contributed by atoms with Gasteiger partial charge in [-0.15, -0.1) is 0 Å². The highest BCUT2D eigenvalue weighted by Crippen LogP contribution is 2.45. The Bertz CT molecular complexity index is 353. The molecule has 2 N–H and O–H groups in total. The molecular formula is C17H31NO2. The normalized spacial score (nSPS) is 40.7. The number of rotatable bonds is 4. The third-order valence-corrected chi connectivity index (χ3v) is 6.35. The van der Waals surface area contributed by atoms with Crippen molar-refractivity contribution in [2.24, 2.45) is 23.2 Å². The van der Waals surface area contributed by atoms with Gasteiger partial charge in [0, 0.05) is 12.1 Å². The molecule has 0 aliphatic heterocycles. The van der Waals surface area contributed by atoms with E-state index < -0.39 is 5.97 Å². The molecule has 0 spiro atoms. The van der Waals surface area contributed by atoms with Crippen LogP contribution in [0.15, 0.2) is 0 Å². The Labute approximate surface area is 123 Å². The highest BCUT2D eigenvalue weighted by Gasteiger charge is 2.46. The van der Waals surface area contributed by atoms with Crippen LogP contribution in [0.3, 0.4) is 0 Å². The van der Waals surface area contributed by atoms with Gasteiger partial charge in [0.05, 0.1) is 5.92 Å². The van der Waals surface area contributed by atoms with E-state index in [0.717, 1.165) is 18.8 Å². The Balaban J connectivity index is 2.02. The fraction of sp³-hybridized carbons (Fsp3) is 0.941. The van der Waals surface area contributed by atoms with E-state index in [2.05, 4.69) is 33.0 Å². The second-order valence-electron chi connectivity index (χ2n) is 7.56. The molecule has 5 atom stereocenters. The largest absolute Gasteiger partial charge is 0.481 e. The van der Waals surface area contributed by atoms with Crippen molar-refractivity contribution in [1.82, 2.24) is 5.32 Å². The minimum absolute atomic E-state index is 0.123. The van der Waals surface area contributed by atoms with Crippen molar-refractivity contribution in [1.29, 1.82) is 0 Å². The van der Waals surface area contributed by atoms with Crippen LogP contribution in [0.2, 0.25) is 0 Å². The zero-order chi connectivity index (χ0) is 14.9. The van der Waals surface area contributed by atoms with Gasteiger partial charge in [-0.3, -0.25) is 4.79 Å². The van der Waals surface area contributed by atoms with E-state index in [1.54, 1.807) is 0 Å². The molecule has 0 amide bonds. The molecule has 0 aromatic heterocycles. The van der Waals surface area contributed by atoms with Crippen LogP contribution in [0, 0.1) is 23.2 Å². The summed E-state index contributed by atoms with van der Waals surface area (Å²) in [5.41, 5.74) is -0.123. The number of aliphatic carboxylic acids is 1. The molecule has 2 aliphatic carbocycles. The topological polar surface area (TPSA) is 49.3 Å². The van der Waals surface area contributed by atoms with E-state index in [-0.39, 0.29) is 11.3 Å². The zero-order valence-corrected chi connectivity index (χ0v) is 13.5. The van der Waals surface area contributed by atoms with Crippen molar-refractivity contribution < 1.29 is 9.90 Å². The van der Waals surface area contributed by atoms with Gasteiger partial charge in [-0.05, 0) is 42.9 Å². The molecule has 3 heteroatoms. The molecule has 2 fully saturated rings. The number of hydrogen-bond acceptors (Lipinski definition) is 2. The van der Waals surface area contributed by atoms with Crippen molar-refractivity contribution in [3.05, 3.63) is 0 Å². The van der Waals surface area contributed by atoms with Crippen LogP contribution in [0.4, 0.5) is 0 Å². The molecule has 0 bridgehead atoms. The molecule has 2 rings (SSSR count). The first kappa shape index (κ1) is 15.8. The summed E-state index contributed by atoms with van der Waals surface area (Å²) < 4.78 is 0. The second-order valence-corrected chi connectivity index (χ2v) is 7.56. The van der Waals surface area contributed by atoms with Crippen LogP contribution in [-0.2, 0) is 4.79 Å². The first-order valence-electron chi connectivity index (χ1n) is 8.36. The van der Waals surface area contributed by atoms with Crippen LogP contribution in [-0.4, -0.2) is 23.2 Å². The summed E-state index contributed by atoms with van der Waals surface area (Å²) in [7, 11) is 0. The predicted molar refractivity (Wildman–Crippen MR) is 81.6 cm³/mol. The number of carboxylic acid groups (broad SMARTS) is 1. The first-order valence-corrected chi connectivity index (χ1v) is 8.36. The molecular weight excluding hydrogens is 250 g/mol. The summed E-state index contributed by atoms with van der Waals surface area (Å²) in [6, 6.07) is 1.14. The quantitative estimate of drug-likeness (QED) is 0.826. The number of carbonyl (C=O) groups is 1. The van der Waals surface area contributed by atoms with Gasteiger partial charge in [0.25, 0.3) is 0 Å². The monoisotopic (exact) mass is 281 g/mol. The van der Waals surface area contributed by atoms with Crippen LogP contribution in [0.25, 0.3) is 0 Å². The lowest BCUT2D eigenvalue weighted by atomic mass is 9.61. The van der Waals surface area contributed by atoms with Crippen LogP contribution in [0.1, 0.15) is 66.2 Å². The SMILES string of the molecule is CCC1CCCC1NC1CCC(C(=O)O)C(C)(C)C1C. The lowest BCUT2D eigenvalue weighted by Crippen LogP contribution is -2.53. The highest BCUT2D eigenvalue weighted by atomic mass is 16.4. The smallest absolute Gasteiger partial charge is 0.307 e. The number of hydrogen-bond donors (Lipinski definition) is 2. The van der Waals surface area contributed by atoms with Gasteiger partial charge in [-0.2, -0.15) is 0 Å². The van der Waals surface area contributed by atoms with E-state index in [9.17, 15) is 9.90 Å². The average molecular weight is 281 g/mol. The Morgan fingerprint density at radius 3 is 2.50 bits per heavy atom. The molecule has 0 heterocycles. The van der Waals surface area contributed by atoms with E-state index in [0.29, 0.717) is 18.0 Å². The van der Waals surface area contributed by atoms with Gasteiger partial charge in [0.2, 0.25) is 0 Å². The molecule has 0 saturated heterocycles. The number of carboxylic acids is 1. The number of nitrogens with one attached hydrogen (secondary N) is 1. The third-order valence-electron chi connectivity index (χ3n) is 6.35. The van der Waals surface area contributed by atoms with Crippen molar-refractivity contribution >= 4 is 5.97 Å². The standard InChI is InChI=1S/C17H31NO2/c1-5-12-7-6-8-15(12)18-14-10-9-13(16(19)20)17(3,4)11(14)2/h11-15,18H,5-10H2,1-4H3,(H,19,20). The predicted octanol–water partition coefficient (Wildman–Crippen LogP) is 3.68. The third kappa shape index (κ3) is 2.88. The van der Waals surface area contributed by atoms with Gasteiger partial charge in [0.15, 0.2) is 0 Å². The fourth-order valence-electron chi connectivity index (χ4n) is 4.49. The highest BCUT2D eigenvalue weighted by molar-refractivity contribution is 5.71.